The number of anilines is 4. The Balaban J connectivity index is 1.66. The number of hydrogen-bond donors (Lipinski definition) is 2. The standard InChI is InChI=1S/C25H25N5/c1-19-12-14-22(15-13-19)29-24-23(26)25(28-18-27-24)30(16-20-8-4-2-5-9-20)17-21-10-6-3-7-11-21/h2-15,18H,16-17,26H2,1H3,(H,27,28,29). The molecule has 0 unspecified atom stereocenters. The van der Waals surface area contributed by atoms with Gasteiger partial charge in [0.05, 0.1) is 0 Å². The second-order valence-electron chi connectivity index (χ2n) is 7.28. The number of rotatable bonds is 7. The van der Waals surface area contributed by atoms with E-state index in [1.54, 1.807) is 6.33 Å². The molecule has 4 aromatic rings. The topological polar surface area (TPSA) is 67.1 Å². The van der Waals surface area contributed by atoms with Crippen LogP contribution < -0.4 is 16.0 Å². The van der Waals surface area contributed by atoms with Gasteiger partial charge in [0.25, 0.3) is 0 Å². The third-order valence-corrected chi connectivity index (χ3v) is 4.91. The van der Waals surface area contributed by atoms with Gasteiger partial charge < -0.3 is 16.0 Å². The second-order valence-corrected chi connectivity index (χ2v) is 7.28. The minimum Gasteiger partial charge on any atom is -0.393 e. The Morgan fingerprint density at radius 3 is 1.90 bits per heavy atom. The van der Waals surface area contributed by atoms with Gasteiger partial charge in [0, 0.05) is 18.8 Å². The summed E-state index contributed by atoms with van der Waals surface area (Å²) in [6.07, 6.45) is 1.56. The lowest BCUT2D eigenvalue weighted by molar-refractivity contribution is 0.782. The Labute approximate surface area is 177 Å². The van der Waals surface area contributed by atoms with Gasteiger partial charge >= 0.3 is 0 Å². The summed E-state index contributed by atoms with van der Waals surface area (Å²) in [4.78, 5) is 11.1. The van der Waals surface area contributed by atoms with Crippen molar-refractivity contribution in [2.24, 2.45) is 0 Å². The van der Waals surface area contributed by atoms with E-state index in [4.69, 9.17) is 5.73 Å². The van der Waals surface area contributed by atoms with Crippen molar-refractivity contribution >= 4 is 23.0 Å². The summed E-state index contributed by atoms with van der Waals surface area (Å²) in [5.41, 5.74) is 11.6. The predicted molar refractivity (Wildman–Crippen MR) is 124 cm³/mol. The molecule has 3 N–H and O–H groups in total. The van der Waals surface area contributed by atoms with Crippen molar-refractivity contribution in [1.82, 2.24) is 9.97 Å². The molecule has 3 aromatic carbocycles. The first-order chi connectivity index (χ1) is 14.7. The van der Waals surface area contributed by atoms with E-state index in [0.717, 1.165) is 5.69 Å². The molecular weight excluding hydrogens is 370 g/mol. The van der Waals surface area contributed by atoms with Crippen LogP contribution in [0.4, 0.5) is 23.0 Å². The van der Waals surface area contributed by atoms with Gasteiger partial charge in [0.1, 0.15) is 12.0 Å². The lowest BCUT2D eigenvalue weighted by atomic mass is 10.1. The van der Waals surface area contributed by atoms with E-state index in [9.17, 15) is 0 Å². The highest BCUT2D eigenvalue weighted by Gasteiger charge is 2.16. The van der Waals surface area contributed by atoms with E-state index >= 15 is 0 Å². The van der Waals surface area contributed by atoms with Gasteiger partial charge in [0.15, 0.2) is 11.6 Å². The summed E-state index contributed by atoms with van der Waals surface area (Å²) in [6, 6.07) is 28.8. The molecule has 5 nitrogen and oxygen atoms in total. The quantitative estimate of drug-likeness (QED) is 0.443. The van der Waals surface area contributed by atoms with Gasteiger partial charge in [-0.1, -0.05) is 78.4 Å². The molecule has 0 aliphatic carbocycles. The minimum absolute atomic E-state index is 0.532. The van der Waals surface area contributed by atoms with E-state index < -0.39 is 0 Å². The normalized spacial score (nSPS) is 10.6. The largest absolute Gasteiger partial charge is 0.393 e. The highest BCUT2D eigenvalue weighted by Crippen LogP contribution is 2.30. The van der Waals surface area contributed by atoms with Crippen LogP contribution in [0.1, 0.15) is 16.7 Å². The summed E-state index contributed by atoms with van der Waals surface area (Å²) in [5.74, 6) is 1.32. The molecule has 0 saturated carbocycles. The predicted octanol–water partition coefficient (Wildman–Crippen LogP) is 5.32. The molecule has 1 heterocycles. The molecule has 0 saturated heterocycles. The number of benzene rings is 3. The first-order valence-electron chi connectivity index (χ1n) is 9.96. The number of nitrogens with zero attached hydrogens (tertiary/aromatic N) is 3. The number of hydrogen-bond acceptors (Lipinski definition) is 5. The molecule has 1 aromatic heterocycles. The van der Waals surface area contributed by atoms with Crippen molar-refractivity contribution in [3.63, 3.8) is 0 Å². The average Bonchev–Trinajstić information content (AvgIpc) is 2.78. The maximum Gasteiger partial charge on any atom is 0.159 e. The van der Waals surface area contributed by atoms with E-state index in [0.29, 0.717) is 30.4 Å². The van der Waals surface area contributed by atoms with Crippen molar-refractivity contribution in [2.45, 2.75) is 20.0 Å². The Morgan fingerprint density at radius 2 is 1.33 bits per heavy atom. The Kier molecular flexibility index (Phi) is 5.90. The molecule has 4 rings (SSSR count). The lowest BCUT2D eigenvalue weighted by Crippen LogP contribution is -2.24. The first-order valence-corrected chi connectivity index (χ1v) is 9.96. The Bertz CT molecular complexity index is 1040. The lowest BCUT2D eigenvalue weighted by Gasteiger charge is -2.26. The Morgan fingerprint density at radius 1 is 0.767 bits per heavy atom. The van der Waals surface area contributed by atoms with Crippen LogP contribution >= 0.6 is 0 Å². The molecule has 0 spiro atoms. The maximum atomic E-state index is 6.54. The van der Waals surface area contributed by atoms with Crippen molar-refractivity contribution in [2.75, 3.05) is 16.0 Å². The SMILES string of the molecule is Cc1ccc(Nc2ncnc(N(Cc3ccccc3)Cc3ccccc3)c2N)cc1. The van der Waals surface area contributed by atoms with E-state index in [1.807, 2.05) is 48.5 Å². The summed E-state index contributed by atoms with van der Waals surface area (Å²) in [5, 5.41) is 3.32. The van der Waals surface area contributed by atoms with Crippen molar-refractivity contribution in [1.29, 1.82) is 0 Å². The molecule has 30 heavy (non-hydrogen) atoms. The fourth-order valence-corrected chi connectivity index (χ4v) is 3.32. The third kappa shape index (κ3) is 4.75. The van der Waals surface area contributed by atoms with Gasteiger partial charge in [-0.3, -0.25) is 0 Å². The van der Waals surface area contributed by atoms with Crippen LogP contribution in [0.5, 0.6) is 0 Å². The van der Waals surface area contributed by atoms with Crippen molar-refractivity contribution in [3.05, 3.63) is 108 Å². The summed E-state index contributed by atoms with van der Waals surface area (Å²) >= 11 is 0. The molecule has 0 fully saturated rings. The summed E-state index contributed by atoms with van der Waals surface area (Å²) < 4.78 is 0. The highest BCUT2D eigenvalue weighted by molar-refractivity contribution is 5.78. The van der Waals surface area contributed by atoms with Crippen molar-refractivity contribution in [3.8, 4) is 0 Å². The third-order valence-electron chi connectivity index (χ3n) is 4.91. The average molecular weight is 396 g/mol. The van der Waals surface area contributed by atoms with E-state index in [2.05, 4.69) is 63.5 Å². The fraction of sp³-hybridized carbons (Fsp3) is 0.120. The number of aromatic nitrogens is 2. The molecule has 0 aliphatic heterocycles. The van der Waals surface area contributed by atoms with E-state index in [1.165, 1.54) is 16.7 Å². The van der Waals surface area contributed by atoms with Crippen LogP contribution in [-0.2, 0) is 13.1 Å². The molecule has 0 aliphatic rings. The van der Waals surface area contributed by atoms with Gasteiger partial charge in [0.2, 0.25) is 0 Å². The summed E-state index contributed by atoms with van der Waals surface area (Å²) in [7, 11) is 0. The molecule has 0 atom stereocenters. The molecule has 150 valence electrons. The smallest absolute Gasteiger partial charge is 0.159 e. The van der Waals surface area contributed by atoms with Crippen LogP contribution in [0.15, 0.2) is 91.3 Å². The first kappa shape index (κ1) is 19.5. The van der Waals surface area contributed by atoms with Crippen LogP contribution in [0.3, 0.4) is 0 Å². The van der Waals surface area contributed by atoms with Crippen LogP contribution in [0.25, 0.3) is 0 Å². The zero-order valence-corrected chi connectivity index (χ0v) is 17.0. The van der Waals surface area contributed by atoms with Crippen LogP contribution in [0.2, 0.25) is 0 Å². The minimum atomic E-state index is 0.532. The van der Waals surface area contributed by atoms with Gasteiger partial charge in [-0.15, -0.1) is 0 Å². The molecular formula is C25H25N5. The number of nitrogen functional groups attached to an aromatic ring is 1. The highest BCUT2D eigenvalue weighted by atomic mass is 15.2. The van der Waals surface area contributed by atoms with Crippen LogP contribution in [-0.4, -0.2) is 9.97 Å². The van der Waals surface area contributed by atoms with Crippen molar-refractivity contribution < 1.29 is 0 Å². The zero-order chi connectivity index (χ0) is 20.8. The van der Waals surface area contributed by atoms with E-state index in [-0.39, 0.29) is 0 Å². The molecule has 0 radical (unpaired) electrons. The maximum absolute atomic E-state index is 6.54. The zero-order valence-electron chi connectivity index (χ0n) is 17.0. The van der Waals surface area contributed by atoms with Gasteiger partial charge in [-0.2, -0.15) is 0 Å². The summed E-state index contributed by atoms with van der Waals surface area (Å²) in [6.45, 7) is 3.45. The van der Waals surface area contributed by atoms with Gasteiger partial charge in [-0.25, -0.2) is 9.97 Å². The fourth-order valence-electron chi connectivity index (χ4n) is 3.32. The van der Waals surface area contributed by atoms with Gasteiger partial charge in [-0.05, 0) is 30.2 Å². The number of aryl methyl sites for hydroxylation is 1. The number of nitrogens with two attached hydrogens (primary N) is 1. The number of nitrogens with one attached hydrogen (secondary N) is 1. The molecule has 0 amide bonds. The Hall–Kier alpha value is -3.86. The second kappa shape index (κ2) is 9.09. The van der Waals surface area contributed by atoms with Crippen LogP contribution in [0, 0.1) is 6.92 Å². The molecule has 0 bridgehead atoms. The molecule has 5 heteroatoms. The monoisotopic (exact) mass is 395 g/mol.